The van der Waals surface area contributed by atoms with Gasteiger partial charge in [0, 0.05) is 12.0 Å². The zero-order chi connectivity index (χ0) is 15.6. The minimum Gasteiger partial charge on any atom is -0.457 e. The predicted molar refractivity (Wildman–Crippen MR) is 81.3 cm³/mol. The number of fused-ring (bicyclic) bond motifs is 9. The molecule has 5 nitrogen and oxygen atoms in total. The van der Waals surface area contributed by atoms with E-state index < -0.39 is 16.0 Å². The molecule has 0 radical (unpaired) electrons. The molecule has 8 atom stereocenters. The Hall–Kier alpha value is -0.880. The van der Waals surface area contributed by atoms with Crippen molar-refractivity contribution in [1.82, 2.24) is 4.72 Å². The second kappa shape index (κ2) is 4.81. The fourth-order valence-electron chi connectivity index (χ4n) is 6.27. The van der Waals surface area contributed by atoms with Crippen LogP contribution < -0.4 is 4.72 Å². The van der Waals surface area contributed by atoms with E-state index in [4.69, 9.17) is 4.74 Å². The van der Waals surface area contributed by atoms with Crippen LogP contribution in [0.5, 0.6) is 0 Å². The molecule has 0 amide bonds. The number of ether oxygens (including phenoxy) is 1. The Balaban J connectivity index is 1.64. The smallest absolute Gasteiger partial charge is 0.330 e. The van der Waals surface area contributed by atoms with Gasteiger partial charge in [-0.2, -0.15) is 0 Å². The quantitative estimate of drug-likeness (QED) is 0.481. The first-order valence-electron chi connectivity index (χ1n) is 8.19. The molecule has 122 valence electrons. The molecule has 8 unspecified atom stereocenters. The summed E-state index contributed by atoms with van der Waals surface area (Å²) in [6, 6.07) is -0.260. The van der Waals surface area contributed by atoms with Gasteiger partial charge in [0.1, 0.15) is 6.10 Å². The van der Waals surface area contributed by atoms with Crippen LogP contribution in [0.2, 0.25) is 0 Å². The van der Waals surface area contributed by atoms with Crippen molar-refractivity contribution in [2.75, 3.05) is 6.26 Å². The van der Waals surface area contributed by atoms with Crippen LogP contribution in [0.4, 0.5) is 0 Å². The summed E-state index contributed by atoms with van der Waals surface area (Å²) in [6.45, 7) is 3.46. The molecule has 0 aromatic rings. The Kier molecular flexibility index (Phi) is 3.21. The molecule has 4 aliphatic rings. The van der Waals surface area contributed by atoms with Crippen molar-refractivity contribution in [3.05, 3.63) is 12.7 Å². The fraction of sp³-hybridized carbons (Fsp3) is 0.812. The maximum atomic E-state index is 11.7. The fourth-order valence-corrected chi connectivity index (χ4v) is 7.08. The molecule has 4 saturated carbocycles. The van der Waals surface area contributed by atoms with Crippen molar-refractivity contribution in [3.63, 3.8) is 0 Å². The van der Waals surface area contributed by atoms with Crippen LogP contribution >= 0.6 is 0 Å². The van der Waals surface area contributed by atoms with Crippen molar-refractivity contribution in [1.29, 1.82) is 0 Å². The van der Waals surface area contributed by atoms with Gasteiger partial charge in [-0.15, -0.1) is 0 Å². The summed E-state index contributed by atoms with van der Waals surface area (Å²) in [4.78, 5) is 11.7. The van der Waals surface area contributed by atoms with E-state index in [-0.39, 0.29) is 12.1 Å². The molecule has 0 aromatic heterocycles. The maximum Gasteiger partial charge on any atom is 0.330 e. The third kappa shape index (κ3) is 2.07. The van der Waals surface area contributed by atoms with Gasteiger partial charge in [-0.1, -0.05) is 6.58 Å². The Labute approximate surface area is 131 Å². The molecule has 0 heterocycles. The summed E-state index contributed by atoms with van der Waals surface area (Å²) >= 11 is 0. The average Bonchev–Trinajstić information content (AvgIpc) is 3.15. The number of carbonyl (C=O) groups is 1. The van der Waals surface area contributed by atoms with Crippen LogP contribution in [0.25, 0.3) is 0 Å². The molecule has 4 bridgehead atoms. The zero-order valence-corrected chi connectivity index (χ0v) is 13.6. The molecule has 0 saturated heterocycles. The maximum absolute atomic E-state index is 11.7. The molecule has 22 heavy (non-hydrogen) atoms. The monoisotopic (exact) mass is 325 g/mol. The van der Waals surface area contributed by atoms with Gasteiger partial charge >= 0.3 is 5.97 Å². The lowest BCUT2D eigenvalue weighted by Crippen LogP contribution is -2.53. The van der Waals surface area contributed by atoms with E-state index in [0.29, 0.717) is 23.7 Å². The van der Waals surface area contributed by atoms with Crippen molar-refractivity contribution >= 4 is 16.0 Å². The standard InChI is InChI=1S/C16H23NO4S/c1-3-12(18)21-16-11-7-10(15(16)17-22(2,19)20)13-8-4-5-9(6-8)14(11)13/h3,8-11,13-17H,1,4-7H2,2H3. The van der Waals surface area contributed by atoms with Crippen molar-refractivity contribution in [3.8, 4) is 0 Å². The number of hydrogen-bond donors (Lipinski definition) is 1. The van der Waals surface area contributed by atoms with E-state index in [9.17, 15) is 13.2 Å². The number of sulfonamides is 1. The zero-order valence-electron chi connectivity index (χ0n) is 12.8. The number of esters is 1. The highest BCUT2D eigenvalue weighted by atomic mass is 32.2. The minimum atomic E-state index is -3.31. The SMILES string of the molecule is C=CC(=O)OC1C2CC(C1NS(C)(=O)=O)C1C3CCC(C3)C21. The molecule has 0 aliphatic heterocycles. The Morgan fingerprint density at radius 1 is 1.18 bits per heavy atom. The molecule has 0 aromatic carbocycles. The molecule has 0 spiro atoms. The van der Waals surface area contributed by atoms with Gasteiger partial charge < -0.3 is 4.74 Å². The first-order valence-corrected chi connectivity index (χ1v) is 10.1. The lowest BCUT2D eigenvalue weighted by Gasteiger charge is -2.42. The predicted octanol–water partition coefficient (Wildman–Crippen LogP) is 1.31. The molecule has 4 rings (SSSR count). The molecule has 6 heteroatoms. The van der Waals surface area contributed by atoms with E-state index in [2.05, 4.69) is 11.3 Å². The highest BCUT2D eigenvalue weighted by molar-refractivity contribution is 7.88. The van der Waals surface area contributed by atoms with E-state index in [1.807, 2.05) is 0 Å². The molecule has 1 N–H and O–H groups in total. The summed E-state index contributed by atoms with van der Waals surface area (Å²) < 4.78 is 31.8. The topological polar surface area (TPSA) is 72.5 Å². The average molecular weight is 325 g/mol. The summed E-state index contributed by atoms with van der Waals surface area (Å²) in [5.41, 5.74) is 0. The first kappa shape index (κ1) is 14.7. The van der Waals surface area contributed by atoms with Gasteiger partial charge in [-0.05, 0) is 55.3 Å². The highest BCUT2D eigenvalue weighted by Crippen LogP contribution is 2.67. The number of nitrogens with one attached hydrogen (secondary N) is 1. The lowest BCUT2D eigenvalue weighted by atomic mass is 9.68. The number of carbonyl (C=O) groups excluding carboxylic acids is 1. The third-order valence-corrected chi connectivity index (χ3v) is 7.29. The minimum absolute atomic E-state index is 0.260. The van der Waals surface area contributed by atoms with Crippen molar-refractivity contribution in [2.24, 2.45) is 35.5 Å². The molecular formula is C16H23NO4S. The van der Waals surface area contributed by atoms with Gasteiger partial charge in [0.15, 0.2) is 0 Å². The third-order valence-electron chi connectivity index (χ3n) is 6.59. The van der Waals surface area contributed by atoms with Crippen LogP contribution in [-0.2, 0) is 19.6 Å². The van der Waals surface area contributed by atoms with Gasteiger partial charge in [0.25, 0.3) is 0 Å². The molecular weight excluding hydrogens is 302 g/mol. The van der Waals surface area contributed by atoms with Crippen LogP contribution in [-0.4, -0.2) is 32.8 Å². The Morgan fingerprint density at radius 3 is 2.41 bits per heavy atom. The Morgan fingerprint density at radius 2 is 1.82 bits per heavy atom. The summed E-state index contributed by atoms with van der Waals surface area (Å²) in [6.07, 6.45) is 6.89. The number of hydrogen-bond acceptors (Lipinski definition) is 4. The van der Waals surface area contributed by atoms with Gasteiger partial charge in [-0.3, -0.25) is 0 Å². The van der Waals surface area contributed by atoms with E-state index in [1.165, 1.54) is 31.6 Å². The second-order valence-electron chi connectivity index (χ2n) is 7.57. The van der Waals surface area contributed by atoms with Gasteiger partial charge in [0.2, 0.25) is 10.0 Å². The summed E-state index contributed by atoms with van der Waals surface area (Å²) in [5, 5.41) is 0. The Bertz CT molecular complexity index is 616. The van der Waals surface area contributed by atoms with E-state index in [0.717, 1.165) is 18.3 Å². The van der Waals surface area contributed by atoms with Crippen LogP contribution in [0.15, 0.2) is 12.7 Å². The second-order valence-corrected chi connectivity index (χ2v) is 9.35. The summed E-state index contributed by atoms with van der Waals surface area (Å²) in [7, 11) is -3.31. The van der Waals surface area contributed by atoms with Crippen LogP contribution in [0.1, 0.15) is 25.7 Å². The van der Waals surface area contributed by atoms with E-state index >= 15 is 0 Å². The van der Waals surface area contributed by atoms with Gasteiger partial charge in [0.05, 0.1) is 12.3 Å². The normalized spacial score (nSPS) is 48.4. The first-order chi connectivity index (χ1) is 10.4. The van der Waals surface area contributed by atoms with Crippen molar-refractivity contribution in [2.45, 2.75) is 37.8 Å². The summed E-state index contributed by atoms with van der Waals surface area (Å²) in [5.74, 6) is 2.96. The van der Waals surface area contributed by atoms with Crippen LogP contribution in [0.3, 0.4) is 0 Å². The number of rotatable bonds is 4. The van der Waals surface area contributed by atoms with Gasteiger partial charge in [-0.25, -0.2) is 17.9 Å². The van der Waals surface area contributed by atoms with Crippen molar-refractivity contribution < 1.29 is 17.9 Å². The lowest BCUT2D eigenvalue weighted by molar-refractivity contribution is -0.149. The van der Waals surface area contributed by atoms with Crippen LogP contribution in [0, 0.1) is 35.5 Å². The molecule has 4 aliphatic carbocycles. The van der Waals surface area contributed by atoms with E-state index in [1.54, 1.807) is 0 Å². The largest absolute Gasteiger partial charge is 0.457 e. The molecule has 4 fully saturated rings. The highest BCUT2D eigenvalue weighted by Gasteiger charge is 2.67.